The number of ether oxygens (including phenoxy) is 1. The number of thiocarbonyl (C=S) groups is 1. The van der Waals surface area contributed by atoms with Gasteiger partial charge in [-0.05, 0) is 63.4 Å². The lowest BCUT2D eigenvalue weighted by atomic mass is 9.96. The second-order valence-electron chi connectivity index (χ2n) is 6.77. The number of carbonyl (C=O) groups excluding carboxylic acids is 2. The number of rotatable bonds is 4. The van der Waals surface area contributed by atoms with Gasteiger partial charge in [-0.1, -0.05) is 12.8 Å². The number of carbonyl (C=O) groups is 2. The van der Waals surface area contributed by atoms with Crippen LogP contribution in [0.4, 0.5) is 5.00 Å². The monoisotopic (exact) mass is 435 g/mol. The van der Waals surface area contributed by atoms with E-state index in [-0.39, 0.29) is 17.0 Å². The first-order valence-electron chi connectivity index (χ1n) is 9.74. The first kappa shape index (κ1) is 21.3. The molecule has 7 nitrogen and oxygen atoms in total. The molecule has 1 aliphatic carbocycles. The van der Waals surface area contributed by atoms with Crippen LogP contribution < -0.4 is 16.2 Å². The highest BCUT2D eigenvalue weighted by molar-refractivity contribution is 7.80. The minimum absolute atomic E-state index is 0.194. The molecule has 0 spiro atoms. The Bertz CT molecular complexity index is 904. The summed E-state index contributed by atoms with van der Waals surface area (Å²) in [7, 11) is 0. The summed E-state index contributed by atoms with van der Waals surface area (Å²) >= 11 is 6.85. The lowest BCUT2D eigenvalue weighted by Crippen LogP contribution is -2.43. The number of hydrogen-bond donors (Lipinski definition) is 3. The fraction of sp³-hybridized carbons (Fsp3) is 0.450. The summed E-state index contributed by atoms with van der Waals surface area (Å²) in [5, 5.41) is 3.91. The standard InChI is InChI=1S/C20H25N3O4S2/c1-3-26-19(25)16-14-8-6-4-5-7-9-15(14)29-18(16)21-20(28)23-22-17(24)13-10-11-27-12(13)2/h10-11H,3-9H2,1-2H3,(H,22,24)(H2,21,23,28). The maximum absolute atomic E-state index is 12.6. The van der Waals surface area contributed by atoms with Crippen LogP contribution in [-0.2, 0) is 17.6 Å². The van der Waals surface area contributed by atoms with E-state index in [1.807, 2.05) is 0 Å². The van der Waals surface area contributed by atoms with Gasteiger partial charge in [0.2, 0.25) is 0 Å². The second kappa shape index (κ2) is 9.89. The van der Waals surface area contributed by atoms with Crippen molar-refractivity contribution >= 4 is 45.5 Å². The van der Waals surface area contributed by atoms with Gasteiger partial charge in [-0.15, -0.1) is 11.3 Å². The number of nitrogens with one attached hydrogen (secondary N) is 3. The third kappa shape index (κ3) is 5.16. The first-order valence-corrected chi connectivity index (χ1v) is 11.0. The summed E-state index contributed by atoms with van der Waals surface area (Å²) < 4.78 is 10.4. The van der Waals surface area contributed by atoms with Gasteiger partial charge in [-0.3, -0.25) is 15.6 Å². The van der Waals surface area contributed by atoms with Crippen molar-refractivity contribution in [1.29, 1.82) is 0 Å². The highest BCUT2D eigenvalue weighted by Gasteiger charge is 2.25. The van der Waals surface area contributed by atoms with Gasteiger partial charge in [-0.2, -0.15) is 0 Å². The summed E-state index contributed by atoms with van der Waals surface area (Å²) in [5.41, 5.74) is 7.27. The molecular formula is C20H25N3O4S2. The van der Waals surface area contributed by atoms with Gasteiger partial charge in [0.05, 0.1) is 24.0 Å². The summed E-state index contributed by atoms with van der Waals surface area (Å²) in [6, 6.07) is 1.58. The van der Waals surface area contributed by atoms with Gasteiger partial charge in [0.25, 0.3) is 5.91 Å². The smallest absolute Gasteiger partial charge is 0.341 e. The maximum Gasteiger partial charge on any atom is 0.341 e. The molecule has 2 aromatic heterocycles. The normalized spacial score (nSPS) is 13.6. The van der Waals surface area contributed by atoms with Crippen molar-refractivity contribution in [1.82, 2.24) is 10.9 Å². The van der Waals surface area contributed by atoms with E-state index in [0.717, 1.165) is 31.2 Å². The summed E-state index contributed by atoms with van der Waals surface area (Å²) in [6.07, 6.45) is 7.79. The van der Waals surface area contributed by atoms with Gasteiger partial charge in [0.1, 0.15) is 10.8 Å². The lowest BCUT2D eigenvalue weighted by Gasteiger charge is -2.13. The molecule has 0 bridgehead atoms. The Hall–Kier alpha value is -2.39. The van der Waals surface area contributed by atoms with Crippen LogP contribution in [0, 0.1) is 6.92 Å². The Morgan fingerprint density at radius 2 is 1.97 bits per heavy atom. The molecule has 0 atom stereocenters. The summed E-state index contributed by atoms with van der Waals surface area (Å²) in [5.74, 6) is -0.177. The van der Waals surface area contributed by atoms with Gasteiger partial charge in [0, 0.05) is 4.88 Å². The molecule has 1 aliphatic rings. The highest BCUT2D eigenvalue weighted by Crippen LogP contribution is 2.37. The predicted molar refractivity (Wildman–Crippen MR) is 116 cm³/mol. The number of amides is 1. The Balaban J connectivity index is 1.74. The van der Waals surface area contributed by atoms with E-state index in [2.05, 4.69) is 16.2 Å². The van der Waals surface area contributed by atoms with E-state index in [9.17, 15) is 9.59 Å². The van der Waals surface area contributed by atoms with Crippen LogP contribution in [0.3, 0.4) is 0 Å². The Morgan fingerprint density at radius 3 is 2.66 bits per heavy atom. The van der Waals surface area contributed by atoms with Crippen molar-refractivity contribution in [3.05, 3.63) is 39.7 Å². The van der Waals surface area contributed by atoms with E-state index in [0.29, 0.717) is 28.5 Å². The van der Waals surface area contributed by atoms with Crippen molar-refractivity contribution in [3.63, 3.8) is 0 Å². The van der Waals surface area contributed by atoms with E-state index in [4.69, 9.17) is 21.4 Å². The van der Waals surface area contributed by atoms with Crippen LogP contribution in [0.25, 0.3) is 0 Å². The molecule has 0 aromatic carbocycles. The van der Waals surface area contributed by atoms with Crippen LogP contribution in [0.1, 0.15) is 69.5 Å². The minimum atomic E-state index is -0.357. The Kier molecular flexibility index (Phi) is 7.27. The predicted octanol–water partition coefficient (Wildman–Crippen LogP) is 4.12. The number of thiophene rings is 1. The number of hydrogen-bond acceptors (Lipinski definition) is 6. The third-order valence-electron chi connectivity index (χ3n) is 4.77. The molecule has 2 heterocycles. The maximum atomic E-state index is 12.6. The SMILES string of the molecule is CCOC(=O)c1c(NC(=S)NNC(=O)c2ccoc2C)sc2c1CCCCCC2. The first-order chi connectivity index (χ1) is 14.0. The fourth-order valence-electron chi connectivity index (χ4n) is 3.36. The van der Waals surface area contributed by atoms with Crippen molar-refractivity contribution < 1.29 is 18.7 Å². The fourth-order valence-corrected chi connectivity index (χ4v) is 4.86. The zero-order chi connectivity index (χ0) is 20.8. The second-order valence-corrected chi connectivity index (χ2v) is 8.28. The molecule has 3 N–H and O–H groups in total. The molecule has 29 heavy (non-hydrogen) atoms. The van der Waals surface area contributed by atoms with Crippen molar-refractivity contribution in [3.8, 4) is 0 Å². The Labute approximate surface area is 179 Å². The molecule has 0 aliphatic heterocycles. The van der Waals surface area contributed by atoms with Crippen LogP contribution in [0.2, 0.25) is 0 Å². The van der Waals surface area contributed by atoms with Gasteiger partial charge < -0.3 is 14.5 Å². The molecule has 0 fully saturated rings. The molecule has 0 unspecified atom stereocenters. The lowest BCUT2D eigenvalue weighted by molar-refractivity contribution is 0.0526. The summed E-state index contributed by atoms with van der Waals surface area (Å²) in [6.45, 7) is 3.81. The quantitative estimate of drug-likeness (QED) is 0.378. The van der Waals surface area contributed by atoms with Crippen molar-refractivity contribution in [2.24, 2.45) is 0 Å². The highest BCUT2D eigenvalue weighted by atomic mass is 32.1. The van der Waals surface area contributed by atoms with Crippen LogP contribution >= 0.6 is 23.6 Å². The number of anilines is 1. The van der Waals surface area contributed by atoms with E-state index >= 15 is 0 Å². The number of esters is 1. The molecule has 2 aromatic rings. The molecule has 0 saturated carbocycles. The molecule has 156 valence electrons. The zero-order valence-electron chi connectivity index (χ0n) is 16.6. The number of fused-ring (bicyclic) bond motifs is 1. The zero-order valence-corrected chi connectivity index (χ0v) is 18.2. The van der Waals surface area contributed by atoms with Crippen LogP contribution in [0.15, 0.2) is 16.7 Å². The van der Waals surface area contributed by atoms with Crippen molar-refractivity contribution in [2.75, 3.05) is 11.9 Å². The van der Waals surface area contributed by atoms with E-state index < -0.39 is 0 Å². The molecule has 3 rings (SSSR count). The van der Waals surface area contributed by atoms with E-state index in [1.54, 1.807) is 19.9 Å². The molecule has 0 radical (unpaired) electrons. The van der Waals surface area contributed by atoms with E-state index in [1.165, 1.54) is 35.3 Å². The van der Waals surface area contributed by atoms with Crippen molar-refractivity contribution in [2.45, 2.75) is 52.4 Å². The van der Waals surface area contributed by atoms with Crippen LogP contribution in [-0.4, -0.2) is 23.6 Å². The van der Waals surface area contributed by atoms with Crippen LogP contribution in [0.5, 0.6) is 0 Å². The number of aryl methyl sites for hydroxylation is 2. The topological polar surface area (TPSA) is 92.6 Å². The average molecular weight is 436 g/mol. The molecule has 1 amide bonds. The minimum Gasteiger partial charge on any atom is -0.469 e. The molecule has 0 saturated heterocycles. The van der Waals surface area contributed by atoms with Gasteiger partial charge in [0.15, 0.2) is 5.11 Å². The van der Waals surface area contributed by atoms with Gasteiger partial charge >= 0.3 is 5.97 Å². The number of hydrazine groups is 1. The average Bonchev–Trinajstić information content (AvgIpc) is 3.23. The third-order valence-corrected chi connectivity index (χ3v) is 6.18. The molecule has 9 heteroatoms. The number of furan rings is 1. The summed E-state index contributed by atoms with van der Waals surface area (Å²) in [4.78, 5) is 26.0. The largest absolute Gasteiger partial charge is 0.469 e. The Morgan fingerprint density at radius 1 is 1.21 bits per heavy atom. The molecular weight excluding hydrogens is 410 g/mol. The van der Waals surface area contributed by atoms with Gasteiger partial charge in [-0.25, -0.2) is 4.79 Å².